The molecule has 1 aliphatic rings. The van der Waals surface area contributed by atoms with Gasteiger partial charge in [-0.1, -0.05) is 19.3 Å². The van der Waals surface area contributed by atoms with Crippen LogP contribution in [0.2, 0.25) is 0 Å². The molecule has 0 heterocycles. The Morgan fingerprint density at radius 3 is 2.56 bits per heavy atom. The fourth-order valence-corrected chi connectivity index (χ4v) is 2.98. The highest BCUT2D eigenvalue weighted by molar-refractivity contribution is 5.90. The van der Waals surface area contributed by atoms with Crippen LogP contribution in [0.25, 0.3) is 0 Å². The standard InChI is InChI=1S/C19H28N2O4/c1-13(2)25-19(23)14-9-10-16(20)17(11-14)24-12-18(22)21(3)15-7-5-4-6-8-15/h9-11,13,15H,4-8,12,20H2,1-3H3. The Morgan fingerprint density at radius 1 is 1.24 bits per heavy atom. The van der Waals surface area contributed by atoms with Crippen molar-refractivity contribution in [2.75, 3.05) is 19.4 Å². The largest absolute Gasteiger partial charge is 0.482 e. The topological polar surface area (TPSA) is 81.9 Å². The van der Waals surface area contributed by atoms with Crippen LogP contribution in [0.1, 0.15) is 56.3 Å². The minimum Gasteiger partial charge on any atom is -0.482 e. The van der Waals surface area contributed by atoms with E-state index in [1.807, 2.05) is 7.05 Å². The van der Waals surface area contributed by atoms with Crippen molar-refractivity contribution in [2.45, 2.75) is 58.1 Å². The Labute approximate surface area is 149 Å². The first-order valence-electron chi connectivity index (χ1n) is 8.87. The number of nitrogens with zero attached hydrogens (tertiary/aromatic N) is 1. The normalized spacial score (nSPS) is 15.0. The van der Waals surface area contributed by atoms with Crippen molar-refractivity contribution >= 4 is 17.6 Å². The van der Waals surface area contributed by atoms with Crippen molar-refractivity contribution < 1.29 is 19.1 Å². The number of amides is 1. The molecule has 2 N–H and O–H groups in total. The third-order valence-electron chi connectivity index (χ3n) is 4.46. The van der Waals surface area contributed by atoms with Gasteiger partial charge in [0.25, 0.3) is 5.91 Å². The van der Waals surface area contributed by atoms with Crippen molar-refractivity contribution in [2.24, 2.45) is 0 Å². The van der Waals surface area contributed by atoms with Crippen LogP contribution in [0.5, 0.6) is 5.75 Å². The number of ether oxygens (including phenoxy) is 2. The first kappa shape index (κ1) is 19.1. The van der Waals surface area contributed by atoms with Gasteiger partial charge in [-0.25, -0.2) is 4.79 Å². The van der Waals surface area contributed by atoms with E-state index in [9.17, 15) is 9.59 Å². The molecule has 1 saturated carbocycles. The van der Waals surface area contributed by atoms with Crippen LogP contribution in [0.3, 0.4) is 0 Å². The lowest BCUT2D eigenvalue weighted by Crippen LogP contribution is -2.40. The highest BCUT2D eigenvalue weighted by Gasteiger charge is 2.22. The predicted molar refractivity (Wildman–Crippen MR) is 96.5 cm³/mol. The third-order valence-corrected chi connectivity index (χ3v) is 4.46. The molecule has 138 valence electrons. The van der Waals surface area contributed by atoms with E-state index in [-0.39, 0.29) is 24.7 Å². The number of anilines is 1. The lowest BCUT2D eigenvalue weighted by atomic mass is 9.94. The zero-order valence-corrected chi connectivity index (χ0v) is 15.3. The van der Waals surface area contributed by atoms with E-state index in [0.717, 1.165) is 25.7 Å². The number of hydrogen-bond acceptors (Lipinski definition) is 5. The van der Waals surface area contributed by atoms with Gasteiger partial charge in [0, 0.05) is 13.1 Å². The summed E-state index contributed by atoms with van der Waals surface area (Å²) in [5.74, 6) is -0.199. The Morgan fingerprint density at radius 2 is 1.92 bits per heavy atom. The molecule has 6 heteroatoms. The molecule has 0 unspecified atom stereocenters. The molecular formula is C19H28N2O4. The molecule has 1 aromatic carbocycles. The van der Waals surface area contributed by atoms with Gasteiger partial charge in [-0.3, -0.25) is 4.79 Å². The smallest absolute Gasteiger partial charge is 0.338 e. The van der Waals surface area contributed by atoms with Crippen LogP contribution in [-0.2, 0) is 9.53 Å². The molecule has 1 fully saturated rings. The molecule has 6 nitrogen and oxygen atoms in total. The van der Waals surface area contributed by atoms with Gasteiger partial charge in [0.2, 0.25) is 0 Å². The molecule has 0 aliphatic heterocycles. The van der Waals surface area contributed by atoms with E-state index in [2.05, 4.69) is 0 Å². The van der Waals surface area contributed by atoms with Crippen LogP contribution < -0.4 is 10.5 Å². The summed E-state index contributed by atoms with van der Waals surface area (Å²) in [6, 6.07) is 4.98. The highest BCUT2D eigenvalue weighted by atomic mass is 16.5. The Bertz CT molecular complexity index is 609. The van der Waals surface area contributed by atoms with Crippen molar-refractivity contribution in [3.8, 4) is 5.75 Å². The van der Waals surface area contributed by atoms with Gasteiger partial charge in [0.1, 0.15) is 5.75 Å². The number of nitrogen functional groups attached to an aromatic ring is 1. The van der Waals surface area contributed by atoms with Crippen molar-refractivity contribution in [1.29, 1.82) is 0 Å². The van der Waals surface area contributed by atoms with Crippen LogP contribution in [-0.4, -0.2) is 42.6 Å². The molecule has 1 aromatic rings. The average molecular weight is 348 g/mol. The molecule has 0 saturated heterocycles. The van der Waals surface area contributed by atoms with E-state index in [1.165, 1.54) is 12.5 Å². The summed E-state index contributed by atoms with van der Waals surface area (Å²) in [5.41, 5.74) is 6.63. The van der Waals surface area contributed by atoms with E-state index < -0.39 is 5.97 Å². The second-order valence-corrected chi connectivity index (χ2v) is 6.79. The van der Waals surface area contributed by atoms with Gasteiger partial charge in [-0.15, -0.1) is 0 Å². The van der Waals surface area contributed by atoms with Gasteiger partial charge in [-0.05, 0) is 44.9 Å². The van der Waals surface area contributed by atoms with Gasteiger partial charge in [0.15, 0.2) is 6.61 Å². The number of carbonyl (C=O) groups is 2. The molecular weight excluding hydrogens is 320 g/mol. The second-order valence-electron chi connectivity index (χ2n) is 6.79. The zero-order chi connectivity index (χ0) is 18.4. The monoisotopic (exact) mass is 348 g/mol. The van der Waals surface area contributed by atoms with Crippen LogP contribution in [0, 0.1) is 0 Å². The van der Waals surface area contributed by atoms with Crippen LogP contribution in [0.15, 0.2) is 18.2 Å². The van der Waals surface area contributed by atoms with Crippen molar-refractivity contribution in [3.05, 3.63) is 23.8 Å². The van der Waals surface area contributed by atoms with Gasteiger partial charge < -0.3 is 20.1 Å². The summed E-state index contributed by atoms with van der Waals surface area (Å²) >= 11 is 0. The van der Waals surface area contributed by atoms with E-state index in [4.69, 9.17) is 15.2 Å². The minimum atomic E-state index is -0.439. The van der Waals surface area contributed by atoms with E-state index >= 15 is 0 Å². The van der Waals surface area contributed by atoms with Crippen LogP contribution >= 0.6 is 0 Å². The van der Waals surface area contributed by atoms with Gasteiger partial charge >= 0.3 is 5.97 Å². The molecule has 0 atom stereocenters. The molecule has 0 radical (unpaired) electrons. The summed E-state index contributed by atoms with van der Waals surface area (Å²) in [7, 11) is 1.82. The van der Waals surface area contributed by atoms with Crippen molar-refractivity contribution in [1.82, 2.24) is 4.90 Å². The Hall–Kier alpha value is -2.24. The van der Waals surface area contributed by atoms with E-state index in [1.54, 1.807) is 30.9 Å². The molecule has 0 bridgehead atoms. The number of benzene rings is 1. The maximum absolute atomic E-state index is 12.4. The average Bonchev–Trinajstić information content (AvgIpc) is 2.60. The Kier molecular flexibility index (Phi) is 6.67. The first-order valence-corrected chi connectivity index (χ1v) is 8.87. The molecule has 2 rings (SSSR count). The molecule has 25 heavy (non-hydrogen) atoms. The summed E-state index contributed by atoms with van der Waals surface area (Å²) in [6.45, 7) is 3.47. The molecule has 1 aliphatic carbocycles. The number of hydrogen-bond donors (Lipinski definition) is 1. The summed E-state index contributed by atoms with van der Waals surface area (Å²) in [6.07, 6.45) is 5.44. The summed E-state index contributed by atoms with van der Waals surface area (Å²) in [4.78, 5) is 26.1. The van der Waals surface area contributed by atoms with Crippen molar-refractivity contribution in [3.63, 3.8) is 0 Å². The second kappa shape index (κ2) is 8.74. The van der Waals surface area contributed by atoms with Crippen LogP contribution in [0.4, 0.5) is 5.69 Å². The number of esters is 1. The Balaban J connectivity index is 1.97. The number of rotatable bonds is 6. The lowest BCUT2D eigenvalue weighted by Gasteiger charge is -2.31. The molecule has 1 amide bonds. The maximum Gasteiger partial charge on any atom is 0.338 e. The SMILES string of the molecule is CC(C)OC(=O)c1ccc(N)c(OCC(=O)N(C)C2CCCCC2)c1. The molecule has 0 spiro atoms. The third kappa shape index (κ3) is 5.37. The summed E-state index contributed by atoms with van der Waals surface area (Å²) < 4.78 is 10.7. The minimum absolute atomic E-state index is 0.0820. The number of nitrogens with two attached hydrogens (primary N) is 1. The number of carbonyl (C=O) groups excluding carboxylic acids is 2. The van der Waals surface area contributed by atoms with Gasteiger partial charge in [0.05, 0.1) is 17.4 Å². The first-order chi connectivity index (χ1) is 11.9. The predicted octanol–water partition coefficient (Wildman–Crippen LogP) is 3.00. The quantitative estimate of drug-likeness (QED) is 0.631. The number of likely N-dealkylation sites (N-methyl/N-ethyl adjacent to an activating group) is 1. The van der Waals surface area contributed by atoms with Gasteiger partial charge in [-0.2, -0.15) is 0 Å². The highest BCUT2D eigenvalue weighted by Crippen LogP contribution is 2.25. The zero-order valence-electron chi connectivity index (χ0n) is 15.3. The maximum atomic E-state index is 12.4. The fraction of sp³-hybridized carbons (Fsp3) is 0.579. The lowest BCUT2D eigenvalue weighted by molar-refractivity contribution is -0.134. The summed E-state index contributed by atoms with van der Waals surface area (Å²) in [5, 5.41) is 0. The van der Waals surface area contributed by atoms with E-state index in [0.29, 0.717) is 17.0 Å². The molecule has 0 aromatic heterocycles. The fourth-order valence-electron chi connectivity index (χ4n) is 2.98.